The summed E-state index contributed by atoms with van der Waals surface area (Å²) in [5.74, 6) is 2.65. The molecule has 0 fully saturated rings. The second-order valence-corrected chi connectivity index (χ2v) is 7.09. The molecule has 0 saturated carbocycles. The Balaban J connectivity index is 0.00000363. The van der Waals surface area contributed by atoms with Crippen LogP contribution in [0, 0.1) is 0 Å². The molecule has 9 heteroatoms. The summed E-state index contributed by atoms with van der Waals surface area (Å²) in [5.41, 5.74) is 0.830. The number of hydrogen-bond donors (Lipinski definition) is 3. The predicted molar refractivity (Wildman–Crippen MR) is 135 cm³/mol. The molecular weight excluding hydrogens is 523 g/mol. The van der Waals surface area contributed by atoms with E-state index in [0.717, 1.165) is 17.2 Å². The molecule has 0 unspecified atom stereocenters. The third-order valence-corrected chi connectivity index (χ3v) is 4.15. The maximum Gasteiger partial charge on any atom is 0.242 e. The number of ether oxygens (including phenoxy) is 1. The van der Waals surface area contributed by atoms with Crippen LogP contribution in [0.15, 0.2) is 74.9 Å². The van der Waals surface area contributed by atoms with Crippen molar-refractivity contribution in [2.24, 2.45) is 4.99 Å². The third-order valence-electron chi connectivity index (χ3n) is 4.15. The molecule has 0 bridgehead atoms. The fraction of sp³-hybridized carbons (Fsp3) is 0.304. The molecule has 0 aliphatic heterocycles. The number of halogens is 1. The van der Waals surface area contributed by atoms with Crippen LogP contribution in [0.1, 0.15) is 25.4 Å². The molecule has 0 saturated heterocycles. The Hall–Kier alpha value is -2.95. The van der Waals surface area contributed by atoms with Gasteiger partial charge < -0.3 is 29.5 Å². The van der Waals surface area contributed by atoms with E-state index < -0.39 is 0 Å². The fourth-order valence-corrected chi connectivity index (χ4v) is 2.73. The number of carbonyl (C=O) groups is 1. The Bertz CT molecular complexity index is 939. The van der Waals surface area contributed by atoms with Crippen molar-refractivity contribution < 1.29 is 18.4 Å². The van der Waals surface area contributed by atoms with Crippen molar-refractivity contribution in [3.63, 3.8) is 0 Å². The number of anilines is 1. The summed E-state index contributed by atoms with van der Waals surface area (Å²) < 4.78 is 16.2. The van der Waals surface area contributed by atoms with Crippen LogP contribution < -0.4 is 20.7 Å². The molecule has 0 spiro atoms. The monoisotopic (exact) mass is 552 g/mol. The van der Waals surface area contributed by atoms with Crippen LogP contribution in [0.5, 0.6) is 5.75 Å². The van der Waals surface area contributed by atoms with Gasteiger partial charge in [-0.3, -0.25) is 4.79 Å². The van der Waals surface area contributed by atoms with Gasteiger partial charge in [0.25, 0.3) is 0 Å². The van der Waals surface area contributed by atoms with Gasteiger partial charge in [0.2, 0.25) is 5.91 Å². The zero-order chi connectivity index (χ0) is 21.9. The van der Waals surface area contributed by atoms with Gasteiger partial charge in [-0.2, -0.15) is 0 Å². The highest BCUT2D eigenvalue weighted by Crippen LogP contribution is 2.16. The molecule has 0 aliphatic rings. The predicted octanol–water partition coefficient (Wildman–Crippen LogP) is 4.19. The van der Waals surface area contributed by atoms with Crippen molar-refractivity contribution in [1.29, 1.82) is 0 Å². The van der Waals surface area contributed by atoms with E-state index in [1.165, 1.54) is 0 Å². The van der Waals surface area contributed by atoms with Gasteiger partial charge in [-0.25, -0.2) is 4.99 Å². The summed E-state index contributed by atoms with van der Waals surface area (Å²) in [4.78, 5) is 16.6. The van der Waals surface area contributed by atoms with Gasteiger partial charge in [-0.15, -0.1) is 24.0 Å². The number of hydrogen-bond acceptors (Lipinski definition) is 5. The topological polar surface area (TPSA) is 101 Å². The van der Waals surface area contributed by atoms with Gasteiger partial charge in [-0.05, 0) is 62.4 Å². The van der Waals surface area contributed by atoms with Crippen LogP contribution in [0.3, 0.4) is 0 Å². The van der Waals surface area contributed by atoms with Gasteiger partial charge >= 0.3 is 0 Å². The van der Waals surface area contributed by atoms with Crippen molar-refractivity contribution in [3.8, 4) is 5.75 Å². The second kappa shape index (κ2) is 13.5. The first-order valence-corrected chi connectivity index (χ1v) is 10.2. The van der Waals surface area contributed by atoms with E-state index in [4.69, 9.17) is 13.6 Å². The smallest absolute Gasteiger partial charge is 0.242 e. The Morgan fingerprint density at radius 3 is 2.31 bits per heavy atom. The largest absolute Gasteiger partial charge is 0.491 e. The highest BCUT2D eigenvalue weighted by molar-refractivity contribution is 14.0. The lowest BCUT2D eigenvalue weighted by Crippen LogP contribution is -2.34. The lowest BCUT2D eigenvalue weighted by molar-refractivity contribution is -0.119. The van der Waals surface area contributed by atoms with Gasteiger partial charge in [-0.1, -0.05) is 0 Å². The van der Waals surface area contributed by atoms with E-state index in [9.17, 15) is 4.79 Å². The SMILES string of the molecule is CC(C)Oc1ccc(NC(=NCC(=O)NCc2ccco2)NCCc2ccco2)cc1.I. The second-order valence-electron chi connectivity index (χ2n) is 7.09. The third kappa shape index (κ3) is 9.04. The number of nitrogens with zero attached hydrogens (tertiary/aromatic N) is 1. The summed E-state index contributed by atoms with van der Waals surface area (Å²) in [6.45, 7) is 4.87. The minimum atomic E-state index is -0.204. The van der Waals surface area contributed by atoms with Gasteiger partial charge in [0.05, 0.1) is 25.2 Å². The molecule has 3 N–H and O–H groups in total. The van der Waals surface area contributed by atoms with Crippen molar-refractivity contribution in [1.82, 2.24) is 10.6 Å². The number of carbonyl (C=O) groups excluding carboxylic acids is 1. The van der Waals surface area contributed by atoms with Crippen LogP contribution in [-0.4, -0.2) is 31.1 Å². The molecular formula is C23H29IN4O4. The summed E-state index contributed by atoms with van der Waals surface area (Å²) in [5, 5.41) is 9.23. The minimum Gasteiger partial charge on any atom is -0.491 e. The maximum absolute atomic E-state index is 12.2. The fourth-order valence-electron chi connectivity index (χ4n) is 2.73. The molecule has 8 nitrogen and oxygen atoms in total. The van der Waals surface area contributed by atoms with Gasteiger partial charge in [0, 0.05) is 18.7 Å². The van der Waals surface area contributed by atoms with Crippen LogP contribution in [0.2, 0.25) is 0 Å². The Morgan fingerprint density at radius 2 is 1.69 bits per heavy atom. The van der Waals surface area contributed by atoms with Crippen LogP contribution in [0.25, 0.3) is 0 Å². The summed E-state index contributed by atoms with van der Waals surface area (Å²) in [6.07, 6.45) is 4.02. The van der Waals surface area contributed by atoms with E-state index in [1.54, 1.807) is 24.7 Å². The zero-order valence-electron chi connectivity index (χ0n) is 18.2. The molecule has 0 atom stereocenters. The van der Waals surface area contributed by atoms with Crippen molar-refractivity contribution >= 4 is 41.5 Å². The standard InChI is InChI=1S/C23H28N4O4.HI/c1-17(2)31-20-9-7-18(8-10-20)27-23(24-12-11-19-5-3-13-29-19)26-16-22(28)25-15-21-6-4-14-30-21;/h3-10,13-14,17H,11-12,15-16H2,1-2H3,(H,25,28)(H2,24,26,27);1H. The zero-order valence-corrected chi connectivity index (χ0v) is 20.5. The van der Waals surface area contributed by atoms with Crippen molar-refractivity contribution in [3.05, 3.63) is 72.6 Å². The lowest BCUT2D eigenvalue weighted by atomic mass is 10.3. The average molecular weight is 552 g/mol. The Kier molecular flexibility index (Phi) is 10.6. The average Bonchev–Trinajstić information content (AvgIpc) is 3.45. The van der Waals surface area contributed by atoms with Gasteiger partial charge in [0.15, 0.2) is 5.96 Å². The molecule has 2 heterocycles. The van der Waals surface area contributed by atoms with E-state index in [-0.39, 0.29) is 42.5 Å². The molecule has 2 aromatic heterocycles. The number of nitrogens with one attached hydrogen (secondary N) is 3. The lowest BCUT2D eigenvalue weighted by Gasteiger charge is -2.14. The number of aliphatic imine (C=N–C) groups is 1. The number of furan rings is 2. The van der Waals surface area contributed by atoms with Gasteiger partial charge in [0.1, 0.15) is 23.8 Å². The summed E-state index contributed by atoms with van der Waals surface area (Å²) >= 11 is 0. The first-order valence-electron chi connectivity index (χ1n) is 10.2. The number of rotatable bonds is 10. The highest BCUT2D eigenvalue weighted by atomic mass is 127. The highest BCUT2D eigenvalue weighted by Gasteiger charge is 2.06. The Morgan fingerprint density at radius 1 is 1.00 bits per heavy atom. The number of amides is 1. The minimum absolute atomic E-state index is 0. The summed E-state index contributed by atoms with van der Waals surface area (Å²) in [7, 11) is 0. The molecule has 32 heavy (non-hydrogen) atoms. The van der Waals surface area contributed by atoms with Crippen LogP contribution in [-0.2, 0) is 17.8 Å². The van der Waals surface area contributed by atoms with E-state index >= 15 is 0 Å². The molecule has 1 amide bonds. The Labute approximate surface area is 204 Å². The molecule has 0 aliphatic carbocycles. The van der Waals surface area contributed by atoms with E-state index in [0.29, 0.717) is 31.2 Å². The quantitative estimate of drug-likeness (QED) is 0.198. The van der Waals surface area contributed by atoms with E-state index in [1.807, 2.05) is 50.2 Å². The van der Waals surface area contributed by atoms with Crippen LogP contribution >= 0.6 is 24.0 Å². The van der Waals surface area contributed by atoms with Crippen molar-refractivity contribution in [2.75, 3.05) is 18.4 Å². The maximum atomic E-state index is 12.2. The molecule has 172 valence electrons. The molecule has 1 aromatic carbocycles. The first-order chi connectivity index (χ1) is 15.1. The molecule has 3 rings (SSSR count). The number of guanidine groups is 1. The normalized spacial score (nSPS) is 11.0. The van der Waals surface area contributed by atoms with E-state index in [2.05, 4.69) is 20.9 Å². The first kappa shape index (κ1) is 25.3. The van der Waals surface area contributed by atoms with Crippen molar-refractivity contribution in [2.45, 2.75) is 32.9 Å². The summed E-state index contributed by atoms with van der Waals surface area (Å²) in [6, 6.07) is 14.9. The van der Waals surface area contributed by atoms with Crippen LogP contribution in [0.4, 0.5) is 5.69 Å². The molecule has 0 radical (unpaired) electrons. The number of benzene rings is 1. The molecule has 3 aromatic rings.